The molecule has 0 fully saturated rings. The topological polar surface area (TPSA) is 67.2 Å². The van der Waals surface area contributed by atoms with Crippen LogP contribution >= 0.6 is 23.2 Å². The molecule has 3 aromatic rings. The zero-order valence-electron chi connectivity index (χ0n) is 21.6. The Labute approximate surface area is 223 Å². The molecule has 2 aromatic carbocycles. The number of aliphatic hydroxyl groups excluding tert-OH is 1. The third-order valence-electron chi connectivity index (χ3n) is 6.41. The summed E-state index contributed by atoms with van der Waals surface area (Å²) in [6, 6.07) is 13.9. The highest BCUT2D eigenvalue weighted by Crippen LogP contribution is 2.52. The van der Waals surface area contributed by atoms with E-state index < -0.39 is 0 Å². The molecule has 5 rings (SSSR count). The van der Waals surface area contributed by atoms with E-state index in [2.05, 4.69) is 38.2 Å². The average Bonchev–Trinajstić information content (AvgIpc) is 3.09. The van der Waals surface area contributed by atoms with Crippen LogP contribution in [0.25, 0.3) is 5.69 Å². The van der Waals surface area contributed by atoms with Crippen molar-refractivity contribution in [3.8, 4) is 5.69 Å². The molecule has 2 heterocycles. The molecule has 36 heavy (non-hydrogen) atoms. The summed E-state index contributed by atoms with van der Waals surface area (Å²) in [6.45, 7) is 11.8. The van der Waals surface area contributed by atoms with Gasteiger partial charge in [-0.05, 0) is 68.9 Å². The van der Waals surface area contributed by atoms with Crippen molar-refractivity contribution in [2.45, 2.75) is 66.4 Å². The van der Waals surface area contributed by atoms with E-state index in [0.29, 0.717) is 16.5 Å². The number of allylic oxidation sites excluding steroid dienone is 2. The number of fused-ring (bicyclic) bond motifs is 1. The van der Waals surface area contributed by atoms with Crippen molar-refractivity contribution >= 4 is 34.8 Å². The Hall–Kier alpha value is -2.60. The zero-order chi connectivity index (χ0) is 26.4. The van der Waals surface area contributed by atoms with Gasteiger partial charge < -0.3 is 10.4 Å². The summed E-state index contributed by atoms with van der Waals surface area (Å²) in [5.41, 5.74) is 6.43. The van der Waals surface area contributed by atoms with Gasteiger partial charge in [-0.15, -0.1) is 0 Å². The van der Waals surface area contributed by atoms with Gasteiger partial charge >= 0.3 is 0 Å². The van der Waals surface area contributed by atoms with Crippen molar-refractivity contribution in [1.29, 1.82) is 0 Å². The first-order valence-electron chi connectivity index (χ1n) is 12.2. The second kappa shape index (κ2) is 10.0. The van der Waals surface area contributed by atoms with Crippen LogP contribution in [-0.2, 0) is 4.79 Å². The molecule has 7 heteroatoms. The maximum atomic E-state index is 13.5. The maximum Gasteiger partial charge on any atom is 0.162 e. The molecular weight excluding hydrogens is 493 g/mol. The van der Waals surface area contributed by atoms with Gasteiger partial charge in [0, 0.05) is 35.3 Å². The van der Waals surface area contributed by atoms with E-state index in [1.807, 2.05) is 35.9 Å². The Morgan fingerprint density at radius 3 is 2.44 bits per heavy atom. The third kappa shape index (κ3) is 5.10. The number of nitrogens with zero attached hydrogens (tertiary/aromatic N) is 2. The molecule has 5 nitrogen and oxygen atoms in total. The van der Waals surface area contributed by atoms with Crippen molar-refractivity contribution < 1.29 is 9.90 Å². The number of carbonyl (C=O) groups is 1. The van der Waals surface area contributed by atoms with Crippen LogP contribution in [0.2, 0.25) is 10.0 Å². The number of hydrogen-bond donors (Lipinski definition) is 2. The third-order valence-corrected chi connectivity index (χ3v) is 7.25. The van der Waals surface area contributed by atoms with Crippen molar-refractivity contribution in [3.63, 3.8) is 0 Å². The number of benzene rings is 2. The molecule has 0 spiro atoms. The first kappa shape index (κ1) is 26.5. The average molecular weight is 527 g/mol. The monoisotopic (exact) mass is 525 g/mol. The Balaban J connectivity index is 0.000000709. The fourth-order valence-corrected chi connectivity index (χ4v) is 5.49. The van der Waals surface area contributed by atoms with E-state index >= 15 is 0 Å². The lowest BCUT2D eigenvalue weighted by atomic mass is 9.69. The van der Waals surface area contributed by atoms with E-state index in [-0.39, 0.29) is 23.2 Å². The molecule has 0 bridgehead atoms. The number of aromatic nitrogens is 2. The van der Waals surface area contributed by atoms with E-state index in [4.69, 9.17) is 33.4 Å². The Bertz CT molecular complexity index is 1350. The fraction of sp³-hybridized carbons (Fsp3) is 0.379. The highest BCUT2D eigenvalue weighted by Gasteiger charge is 2.43. The van der Waals surface area contributed by atoms with Gasteiger partial charge in [0.1, 0.15) is 5.82 Å². The fourth-order valence-electron chi connectivity index (χ4n) is 5.07. The van der Waals surface area contributed by atoms with Crippen LogP contribution in [0.15, 0.2) is 53.7 Å². The van der Waals surface area contributed by atoms with E-state index in [9.17, 15) is 4.79 Å². The van der Waals surface area contributed by atoms with Crippen LogP contribution in [0, 0.1) is 19.3 Å². The highest BCUT2D eigenvalue weighted by atomic mass is 35.5. The van der Waals surface area contributed by atoms with Crippen LogP contribution in [0.4, 0.5) is 5.82 Å². The molecular formula is C29H33Cl2N3O2. The minimum atomic E-state index is -0.311. The van der Waals surface area contributed by atoms with Crippen molar-refractivity contribution in [1.82, 2.24) is 9.78 Å². The molecule has 2 N–H and O–H groups in total. The molecule has 1 aliphatic carbocycles. The number of anilines is 1. The number of halogens is 2. The summed E-state index contributed by atoms with van der Waals surface area (Å²) in [6.07, 6.45) is 1.11. The maximum absolute atomic E-state index is 13.5. The molecule has 1 atom stereocenters. The van der Waals surface area contributed by atoms with Crippen LogP contribution in [-0.4, -0.2) is 26.8 Å². The molecule has 0 saturated heterocycles. The van der Waals surface area contributed by atoms with Gasteiger partial charge in [0.2, 0.25) is 0 Å². The van der Waals surface area contributed by atoms with Crippen molar-refractivity contribution in [2.75, 3.05) is 5.32 Å². The van der Waals surface area contributed by atoms with E-state index in [1.165, 1.54) is 0 Å². The summed E-state index contributed by atoms with van der Waals surface area (Å²) >= 11 is 13.1. The summed E-state index contributed by atoms with van der Waals surface area (Å²) < 4.78 is 1.94. The molecule has 1 aromatic heterocycles. The lowest BCUT2D eigenvalue weighted by molar-refractivity contribution is -0.118. The number of carbonyl (C=O) groups excluding carboxylic acids is 1. The molecule has 0 radical (unpaired) electrons. The van der Waals surface area contributed by atoms with Gasteiger partial charge in [0.25, 0.3) is 0 Å². The van der Waals surface area contributed by atoms with E-state index in [0.717, 1.165) is 51.6 Å². The predicted molar refractivity (Wildman–Crippen MR) is 147 cm³/mol. The SMILES string of the molecule is CC(C)O.Cc1cccc(-n2nc(C)c3c2NC2=C(C(=O)CC(C)(C)C2)C3c2cccc(Cl)c2Cl)c1. The van der Waals surface area contributed by atoms with Crippen molar-refractivity contribution in [3.05, 3.63) is 86.2 Å². The first-order chi connectivity index (χ1) is 16.9. The van der Waals surface area contributed by atoms with Gasteiger partial charge in [-0.25, -0.2) is 4.68 Å². The molecule has 1 aliphatic heterocycles. The van der Waals surface area contributed by atoms with Gasteiger partial charge in [-0.2, -0.15) is 5.10 Å². The Kier molecular flexibility index (Phi) is 7.38. The molecule has 1 unspecified atom stereocenters. The van der Waals surface area contributed by atoms with Gasteiger partial charge in [0.05, 0.1) is 21.4 Å². The quantitative estimate of drug-likeness (QED) is 0.366. The number of ketones is 1. The summed E-state index contributed by atoms with van der Waals surface area (Å²) in [7, 11) is 0. The normalized spacial score (nSPS) is 18.3. The number of rotatable bonds is 2. The summed E-state index contributed by atoms with van der Waals surface area (Å²) in [5, 5.41) is 17.5. The minimum absolute atomic E-state index is 0.119. The molecule has 0 amide bonds. The van der Waals surface area contributed by atoms with Gasteiger partial charge in [-0.3, -0.25) is 4.79 Å². The Morgan fingerprint density at radius 2 is 1.78 bits per heavy atom. The number of hydrogen-bond acceptors (Lipinski definition) is 4. The second-order valence-electron chi connectivity index (χ2n) is 10.7. The Morgan fingerprint density at radius 1 is 1.11 bits per heavy atom. The minimum Gasteiger partial charge on any atom is -0.394 e. The summed E-state index contributed by atoms with van der Waals surface area (Å²) in [4.78, 5) is 13.5. The largest absolute Gasteiger partial charge is 0.394 e. The van der Waals surface area contributed by atoms with Crippen LogP contribution in [0.1, 0.15) is 68.8 Å². The summed E-state index contributed by atoms with van der Waals surface area (Å²) in [5.74, 6) is 0.728. The second-order valence-corrected chi connectivity index (χ2v) is 11.5. The van der Waals surface area contributed by atoms with Crippen molar-refractivity contribution in [2.24, 2.45) is 5.41 Å². The zero-order valence-corrected chi connectivity index (χ0v) is 23.1. The van der Waals surface area contributed by atoms with Gasteiger partial charge in [0.15, 0.2) is 5.78 Å². The molecule has 190 valence electrons. The lowest BCUT2D eigenvalue weighted by Crippen LogP contribution is -2.34. The highest BCUT2D eigenvalue weighted by molar-refractivity contribution is 6.42. The first-order valence-corrected chi connectivity index (χ1v) is 13.0. The number of aliphatic hydroxyl groups is 1. The smallest absolute Gasteiger partial charge is 0.162 e. The van der Waals surface area contributed by atoms with Crippen LogP contribution in [0.3, 0.4) is 0 Å². The molecule has 2 aliphatic rings. The predicted octanol–water partition coefficient (Wildman–Crippen LogP) is 7.38. The van der Waals surface area contributed by atoms with Gasteiger partial charge in [-0.1, -0.05) is 61.3 Å². The van der Waals surface area contributed by atoms with Crippen LogP contribution in [0.5, 0.6) is 0 Å². The number of nitrogens with one attached hydrogen (secondary N) is 1. The van der Waals surface area contributed by atoms with Crippen LogP contribution < -0.4 is 5.32 Å². The molecule has 0 saturated carbocycles. The number of Topliss-reactive ketones (excluding diaryl/α,β-unsaturated/α-hetero) is 1. The number of aryl methyl sites for hydroxylation is 2. The lowest BCUT2D eigenvalue weighted by Gasteiger charge is -2.39. The standard InChI is InChI=1S/C26H25Cl2N3O.C3H8O/c1-14-7-5-8-16(11-14)31-25-21(15(2)30-31)22(17-9-6-10-18(27)24(17)28)23-19(29-25)12-26(3,4)13-20(23)32;1-3(2)4/h5-11,22,29H,12-13H2,1-4H3;3-4H,1-2H3. The van der Waals surface area contributed by atoms with E-state index in [1.54, 1.807) is 19.9 Å².